The van der Waals surface area contributed by atoms with Crippen LogP contribution in [0.3, 0.4) is 0 Å². The van der Waals surface area contributed by atoms with Crippen molar-refractivity contribution in [3.05, 3.63) is 101 Å². The van der Waals surface area contributed by atoms with Crippen molar-refractivity contribution < 1.29 is 23.8 Å². The van der Waals surface area contributed by atoms with Gasteiger partial charge in [0.25, 0.3) is 0 Å². The molecular formula is C52H67N13O5. The molecular weight excluding hydrogens is 887 g/mol. The van der Waals surface area contributed by atoms with E-state index in [0.717, 1.165) is 86.3 Å². The van der Waals surface area contributed by atoms with Crippen LogP contribution in [0.1, 0.15) is 74.8 Å². The molecule has 2 saturated heterocycles. The van der Waals surface area contributed by atoms with E-state index in [1.165, 1.54) is 26.7 Å². The maximum absolute atomic E-state index is 13.9. The Balaban J connectivity index is 0.882. The smallest absolute Gasteiger partial charge is 0.340 e. The molecule has 2 aromatic carbocycles. The summed E-state index contributed by atoms with van der Waals surface area (Å²) in [5.74, 6) is 3.21. The van der Waals surface area contributed by atoms with Crippen molar-refractivity contribution in [1.82, 2.24) is 44.7 Å². The van der Waals surface area contributed by atoms with Gasteiger partial charge >= 0.3 is 12.1 Å². The van der Waals surface area contributed by atoms with Crippen LogP contribution in [0, 0.1) is 0 Å². The van der Waals surface area contributed by atoms with Gasteiger partial charge in [-0.1, -0.05) is 6.07 Å². The van der Waals surface area contributed by atoms with Crippen molar-refractivity contribution in [2.75, 3.05) is 113 Å². The number of carbonyl (C=O) groups excluding carboxylic acids is 2. The molecule has 0 aliphatic carbocycles. The van der Waals surface area contributed by atoms with Crippen LogP contribution in [-0.2, 0) is 33.6 Å². The number of fused-ring (bicyclic) bond motifs is 2. The summed E-state index contributed by atoms with van der Waals surface area (Å²) in [7, 11) is 1.73. The lowest BCUT2D eigenvalue weighted by atomic mass is 9.98. The van der Waals surface area contributed by atoms with E-state index >= 15 is 0 Å². The molecule has 7 heterocycles. The van der Waals surface area contributed by atoms with E-state index < -0.39 is 12.1 Å². The number of hydrogen-bond donors (Lipinski definition) is 2. The van der Waals surface area contributed by atoms with Gasteiger partial charge in [-0.2, -0.15) is 0 Å². The van der Waals surface area contributed by atoms with Gasteiger partial charge in [-0.3, -0.25) is 14.8 Å². The molecule has 4 aliphatic heterocycles. The van der Waals surface area contributed by atoms with E-state index in [-0.39, 0.29) is 31.2 Å². The van der Waals surface area contributed by atoms with Crippen LogP contribution in [0.5, 0.6) is 0 Å². The number of carbonyl (C=O) groups is 2. The Kier molecular flexibility index (Phi) is 15.4. The maximum Gasteiger partial charge on any atom is 0.340 e. The Labute approximate surface area is 411 Å². The number of morpholine rings is 2. The number of hydrazine groups is 1. The fraction of sp³-hybridized carbons (Fsp3) is 0.481. The number of nitrogens with zero attached hydrogens (tertiary/aromatic N) is 11. The predicted octanol–water partition coefficient (Wildman–Crippen LogP) is 7.06. The summed E-state index contributed by atoms with van der Waals surface area (Å²) in [5, 5.41) is 8.82. The molecule has 9 rings (SSSR count). The molecule has 2 N–H and O–H groups in total. The number of rotatable bonds is 13. The number of nitrogens with one attached hydrogen (secondary N) is 2. The highest BCUT2D eigenvalue weighted by molar-refractivity contribution is 5.94. The summed E-state index contributed by atoms with van der Waals surface area (Å²) < 4.78 is 16.9. The number of ether oxygens (including phenoxy) is 3. The van der Waals surface area contributed by atoms with Gasteiger partial charge in [-0.05, 0) is 108 Å². The molecule has 70 heavy (non-hydrogen) atoms. The van der Waals surface area contributed by atoms with Crippen LogP contribution in [0.2, 0.25) is 0 Å². The van der Waals surface area contributed by atoms with Gasteiger partial charge < -0.3 is 34.6 Å². The average Bonchev–Trinajstić information content (AvgIpc) is 3.40. The van der Waals surface area contributed by atoms with E-state index in [0.29, 0.717) is 62.6 Å². The first-order chi connectivity index (χ1) is 34.1. The minimum Gasteiger partial charge on any atom is -0.383 e. The molecule has 3 unspecified atom stereocenters. The van der Waals surface area contributed by atoms with Crippen LogP contribution in [0.4, 0.5) is 32.6 Å². The number of aromatic nitrogens is 5. The third-order valence-corrected chi connectivity index (χ3v) is 14.1. The van der Waals surface area contributed by atoms with E-state index in [1.807, 2.05) is 74.6 Å². The fourth-order valence-electron chi connectivity index (χ4n) is 10.0. The normalized spacial score (nSPS) is 18.9. The van der Waals surface area contributed by atoms with Gasteiger partial charge in [0.1, 0.15) is 11.6 Å². The van der Waals surface area contributed by atoms with Gasteiger partial charge in [0.05, 0.1) is 50.5 Å². The lowest BCUT2D eigenvalue weighted by Crippen LogP contribution is -2.52. The standard InChI is InChI=1S/C52H67N13O5/c1-7-64(65(8-2)52(67)55-42-17-13-39(14-18-42)48-57-46-37(5)60(24-28-68-6)22-20-44(46)49(58-48)61-25-29-69-30-26-61)51(66)54-41-15-11-38(12-16-41)47-56-45-33-62(36(4)40-10-9-21-53-32-40)23-19-43(45)50(59-47)63-27-31-70-34-35(63)3/h9-18,21,32,35-37H,7-8,19-20,22-31,33-34H2,1-6H3,(H,54,66)(H,55,67). The summed E-state index contributed by atoms with van der Waals surface area (Å²) in [6, 6.07) is 18.8. The summed E-state index contributed by atoms with van der Waals surface area (Å²) in [6.07, 6.45) is 5.45. The average molecular weight is 954 g/mol. The van der Waals surface area contributed by atoms with Crippen molar-refractivity contribution in [1.29, 1.82) is 0 Å². The highest BCUT2D eigenvalue weighted by Gasteiger charge is 2.33. The number of anilines is 4. The molecule has 0 bridgehead atoms. The predicted molar refractivity (Wildman–Crippen MR) is 271 cm³/mol. The number of benzene rings is 2. The third-order valence-electron chi connectivity index (χ3n) is 14.1. The molecule has 3 aromatic heterocycles. The second-order valence-corrected chi connectivity index (χ2v) is 18.3. The van der Waals surface area contributed by atoms with Crippen LogP contribution >= 0.6 is 0 Å². The SMILES string of the molecule is CCN(C(=O)Nc1ccc(-c2nc3c(c(N4CCOCC4)n2)CCN(CCOC)C3C)cc1)N(CC)C(=O)Nc1ccc(-c2nc3c(c(N4CCOCC4C)n2)CCN(C(C)c2cccnc2)C3)cc1. The molecule has 18 nitrogen and oxygen atoms in total. The second-order valence-electron chi connectivity index (χ2n) is 18.3. The number of pyridine rings is 1. The zero-order chi connectivity index (χ0) is 48.7. The molecule has 0 saturated carbocycles. The Bertz CT molecular complexity index is 2580. The minimum absolute atomic E-state index is 0.102. The summed E-state index contributed by atoms with van der Waals surface area (Å²) >= 11 is 0. The van der Waals surface area contributed by atoms with Crippen molar-refractivity contribution in [3.8, 4) is 22.8 Å². The highest BCUT2D eigenvalue weighted by Crippen LogP contribution is 2.37. The molecule has 3 atom stereocenters. The maximum atomic E-state index is 13.9. The lowest BCUT2D eigenvalue weighted by molar-refractivity contribution is 0.0679. The first-order valence-electron chi connectivity index (χ1n) is 24.9. The Morgan fingerprint density at radius 3 is 2.01 bits per heavy atom. The molecule has 0 spiro atoms. The zero-order valence-corrected chi connectivity index (χ0v) is 41.4. The molecule has 5 aromatic rings. The molecule has 18 heteroatoms. The highest BCUT2D eigenvalue weighted by atomic mass is 16.5. The summed E-state index contributed by atoms with van der Waals surface area (Å²) in [5.41, 5.74) is 8.45. The van der Waals surface area contributed by atoms with Crippen LogP contribution < -0.4 is 20.4 Å². The fourth-order valence-corrected chi connectivity index (χ4v) is 10.0. The Hall–Kier alpha value is -6.31. The van der Waals surface area contributed by atoms with Gasteiger partial charge in [0.15, 0.2) is 11.6 Å². The first-order valence-corrected chi connectivity index (χ1v) is 24.9. The monoisotopic (exact) mass is 954 g/mol. The molecule has 4 amide bonds. The number of methoxy groups -OCH3 is 1. The topological polar surface area (TPSA) is 170 Å². The largest absolute Gasteiger partial charge is 0.383 e. The Morgan fingerprint density at radius 2 is 1.40 bits per heavy atom. The number of hydrogen-bond acceptors (Lipinski definition) is 14. The van der Waals surface area contributed by atoms with Crippen LogP contribution in [0.25, 0.3) is 22.8 Å². The van der Waals surface area contributed by atoms with Crippen molar-refractivity contribution >= 4 is 35.1 Å². The van der Waals surface area contributed by atoms with E-state index in [2.05, 4.69) is 62.1 Å². The quantitative estimate of drug-likeness (QED) is 0.115. The third kappa shape index (κ3) is 10.6. The molecule has 4 aliphatic rings. The summed E-state index contributed by atoms with van der Waals surface area (Å²) in [6.45, 7) is 19.7. The second kappa shape index (κ2) is 22.2. The molecule has 0 radical (unpaired) electrons. The van der Waals surface area contributed by atoms with Crippen molar-refractivity contribution in [2.45, 2.75) is 72.1 Å². The van der Waals surface area contributed by atoms with Gasteiger partial charge in [-0.15, -0.1) is 0 Å². The Morgan fingerprint density at radius 1 is 0.771 bits per heavy atom. The lowest BCUT2D eigenvalue weighted by Gasteiger charge is -2.39. The van der Waals surface area contributed by atoms with Crippen LogP contribution in [0.15, 0.2) is 73.1 Å². The van der Waals surface area contributed by atoms with Gasteiger partial charge in [0.2, 0.25) is 0 Å². The summed E-state index contributed by atoms with van der Waals surface area (Å²) in [4.78, 5) is 62.4. The molecule has 370 valence electrons. The number of urea groups is 2. The van der Waals surface area contributed by atoms with E-state index in [4.69, 9.17) is 34.1 Å². The number of amides is 4. The van der Waals surface area contributed by atoms with E-state index in [1.54, 1.807) is 13.3 Å². The zero-order valence-electron chi connectivity index (χ0n) is 41.4. The van der Waals surface area contributed by atoms with Gasteiger partial charge in [-0.25, -0.2) is 39.5 Å². The van der Waals surface area contributed by atoms with Crippen molar-refractivity contribution in [2.24, 2.45) is 0 Å². The van der Waals surface area contributed by atoms with Gasteiger partial charge in [0, 0.05) is 124 Å². The first kappa shape index (κ1) is 48.7. The van der Waals surface area contributed by atoms with Crippen LogP contribution in [-0.4, -0.2) is 155 Å². The molecule has 2 fully saturated rings. The van der Waals surface area contributed by atoms with E-state index in [9.17, 15) is 9.59 Å². The minimum atomic E-state index is -0.435. The van der Waals surface area contributed by atoms with Crippen molar-refractivity contribution in [3.63, 3.8) is 0 Å².